The monoisotopic (exact) mass is 1430 g/mol. The van der Waals surface area contributed by atoms with Crippen LogP contribution >= 0.6 is 0 Å². The fourth-order valence-electron chi connectivity index (χ4n) is 13.6. The first kappa shape index (κ1) is 78.7. The molecule has 0 amide bonds. The minimum atomic E-state index is -2.98. The molecule has 1 N–H and O–H groups in total. The fourth-order valence-corrected chi connectivity index (χ4v) is 24.0. The molecule has 8 aromatic rings. The van der Waals surface area contributed by atoms with Gasteiger partial charge < -0.3 is 76.5 Å². The summed E-state index contributed by atoms with van der Waals surface area (Å²) in [5, 5.41) is 13.3. The number of rotatable bonds is 52. The summed E-state index contributed by atoms with van der Waals surface area (Å²) in [4.78, 5) is 26.3. The molecule has 0 spiro atoms. The van der Waals surface area contributed by atoms with Gasteiger partial charge in [0.15, 0.2) is 0 Å². The Morgan fingerprint density at radius 2 is 0.490 bits per heavy atom. The van der Waals surface area contributed by atoms with Crippen molar-refractivity contribution in [3.05, 3.63) is 120 Å². The second-order valence-corrected chi connectivity index (χ2v) is 34.9. The van der Waals surface area contributed by atoms with E-state index in [9.17, 15) is 5.11 Å². The lowest BCUT2D eigenvalue weighted by Crippen LogP contribution is -2.46. The summed E-state index contributed by atoms with van der Waals surface area (Å²) in [6, 6.07) is 35.9. The van der Waals surface area contributed by atoms with Gasteiger partial charge in [-0.15, -0.1) is 0 Å². The van der Waals surface area contributed by atoms with E-state index in [1.165, 1.54) is 0 Å². The molecule has 0 radical (unpaired) electrons. The number of hydrogen-bond donors (Lipinski definition) is 1. The highest BCUT2D eigenvalue weighted by molar-refractivity contribution is 6.61. The summed E-state index contributed by atoms with van der Waals surface area (Å²) in [6.07, 6.45) is 2.04. The van der Waals surface area contributed by atoms with Gasteiger partial charge in [0.05, 0.1) is 76.4 Å². The number of hydrogen-bond acceptors (Lipinski definition) is 19. The van der Waals surface area contributed by atoms with E-state index in [-0.39, 0.29) is 13.1 Å². The molecule has 98 heavy (non-hydrogen) atoms. The van der Waals surface area contributed by atoms with Crippen molar-refractivity contribution < 1.29 is 58.2 Å². The molecule has 0 bridgehead atoms. The Hall–Kier alpha value is -4.97. The molecular formula is C71H114N10O13Si4. The van der Waals surface area contributed by atoms with Crippen molar-refractivity contribution in [2.24, 2.45) is 0 Å². The third kappa shape index (κ3) is 21.1. The molecule has 0 fully saturated rings. The number of benzene rings is 4. The summed E-state index contributed by atoms with van der Waals surface area (Å²) in [6.45, 7) is 34.7. The van der Waals surface area contributed by atoms with Crippen molar-refractivity contribution in [3.63, 3.8) is 0 Å². The van der Waals surface area contributed by atoms with E-state index in [2.05, 4.69) is 101 Å². The Morgan fingerprint density at radius 1 is 0.306 bits per heavy atom. The van der Waals surface area contributed by atoms with Crippen LogP contribution in [0.3, 0.4) is 0 Å². The van der Waals surface area contributed by atoms with Crippen LogP contribution in [0.4, 0.5) is 0 Å². The van der Waals surface area contributed by atoms with Crippen molar-refractivity contribution in [1.82, 2.24) is 48.0 Å². The second-order valence-electron chi connectivity index (χ2n) is 24.0. The topological polar surface area (TPSA) is 209 Å². The molecule has 0 aliphatic rings. The molecule has 4 aromatic carbocycles. The van der Waals surface area contributed by atoms with E-state index in [0.717, 1.165) is 93.1 Å². The van der Waals surface area contributed by atoms with Crippen LogP contribution in [0.2, 0.25) is 24.2 Å². The van der Waals surface area contributed by atoms with Crippen LogP contribution in [0.25, 0.3) is 44.1 Å². The zero-order valence-electron chi connectivity index (χ0n) is 60.8. The van der Waals surface area contributed by atoms with Gasteiger partial charge in [-0.3, -0.25) is 9.80 Å². The summed E-state index contributed by atoms with van der Waals surface area (Å²) in [5.74, 6) is 3.47. The fraction of sp³-hybridized carbons (Fsp3) is 0.606. The predicted octanol–water partition coefficient (Wildman–Crippen LogP) is 12.9. The number of aliphatic hydroxyl groups is 1. The summed E-state index contributed by atoms with van der Waals surface area (Å²) in [5.41, 5.74) is 7.67. The maximum Gasteiger partial charge on any atom is 0.500 e. The molecule has 23 nitrogen and oxygen atoms in total. The average Bonchev–Trinajstić information content (AvgIpc) is 1.66. The van der Waals surface area contributed by atoms with Gasteiger partial charge in [0, 0.05) is 143 Å². The van der Waals surface area contributed by atoms with Gasteiger partial charge in [-0.1, -0.05) is 48.5 Å². The van der Waals surface area contributed by atoms with E-state index < -0.39 is 41.3 Å². The maximum absolute atomic E-state index is 13.3. The highest BCUT2D eigenvalue weighted by atomic mass is 28.4. The Morgan fingerprint density at radius 3 is 0.673 bits per heavy atom. The highest BCUT2D eigenvalue weighted by Gasteiger charge is 2.43. The van der Waals surface area contributed by atoms with Crippen LogP contribution in [0.15, 0.2) is 97.1 Å². The molecule has 27 heteroatoms. The van der Waals surface area contributed by atoms with Crippen molar-refractivity contribution in [3.8, 4) is 0 Å². The first-order valence-electron chi connectivity index (χ1n) is 36.4. The third-order valence-electron chi connectivity index (χ3n) is 17.2. The number of aryl methyl sites for hydroxylation is 4. The van der Waals surface area contributed by atoms with Crippen molar-refractivity contribution in [2.75, 3.05) is 92.4 Å². The van der Waals surface area contributed by atoms with Crippen LogP contribution in [0.5, 0.6) is 0 Å². The smallest absolute Gasteiger partial charge is 0.390 e. The molecule has 0 saturated carbocycles. The minimum absolute atomic E-state index is 0.262. The lowest BCUT2D eigenvalue weighted by molar-refractivity contribution is 0.0578. The van der Waals surface area contributed by atoms with E-state index >= 15 is 0 Å². The summed E-state index contributed by atoms with van der Waals surface area (Å²) in [7, 11) is -11.9. The van der Waals surface area contributed by atoms with Gasteiger partial charge in [-0.25, -0.2) is 19.9 Å². The van der Waals surface area contributed by atoms with E-state index in [0.29, 0.717) is 156 Å². The molecular weight excluding hydrogens is 1310 g/mol. The van der Waals surface area contributed by atoms with E-state index in [1.807, 2.05) is 107 Å². The second kappa shape index (κ2) is 40.0. The third-order valence-corrected chi connectivity index (χ3v) is 29.8. The number of imidazole rings is 4. The maximum atomic E-state index is 13.3. The van der Waals surface area contributed by atoms with Gasteiger partial charge >= 0.3 is 35.2 Å². The minimum Gasteiger partial charge on any atom is -0.390 e. The van der Waals surface area contributed by atoms with Gasteiger partial charge in [-0.05, 0) is 157 Å². The molecule has 4 aromatic heterocycles. The summed E-state index contributed by atoms with van der Waals surface area (Å²) < 4.78 is 85.7. The SMILES string of the molecule is CCO[Si](CCCn1c(CN(Cc2nc3ccccc3n2CCC[Si](OCC)(OCC)OCC)CC(O)CN(Cc2nc3ccccc3n2CCC[Si](OCC)(OCC)OCC)Cc2nc3ccccc3n2CCC[Si](OCC)(OCC)OCC)nc2ccccc21)(OCC)OCC. The standard InChI is InChI=1S/C71H114N10O13Si4/c1-13-83-95(84-14-2,85-15-3)49-33-45-78-64-41-29-25-37-60(64)72-68(78)55-76(56-69-73-61-38-26-30-42-65(61)79(69)46-34-50-96(86-16-4,87-17-5)88-18-6)53-59(82)54-77(57-70-74-62-39-27-31-43-66(62)80(70)47-35-51-97(89-19-7,90-20-8)91-21-9)58-71-75-63-40-28-32-44-67(63)81(71)48-36-52-98(92-22-10,93-23-11)94-24-12/h25-32,37-44,59,82H,13-24,33-36,45-58H2,1-12H3. The van der Waals surface area contributed by atoms with E-state index in [1.54, 1.807) is 0 Å². The van der Waals surface area contributed by atoms with Gasteiger partial charge in [0.25, 0.3) is 0 Å². The number of aromatic nitrogens is 8. The molecule has 0 atom stereocenters. The summed E-state index contributed by atoms with van der Waals surface area (Å²) >= 11 is 0. The van der Waals surface area contributed by atoms with Crippen molar-refractivity contribution in [2.45, 2.75) is 191 Å². The average molecular weight is 1430 g/mol. The van der Waals surface area contributed by atoms with Gasteiger partial charge in [0.2, 0.25) is 0 Å². The van der Waals surface area contributed by atoms with Crippen LogP contribution in [0, 0.1) is 0 Å². The van der Waals surface area contributed by atoms with Crippen LogP contribution in [-0.4, -0.2) is 187 Å². The quantitative estimate of drug-likeness (QED) is 0.0351. The van der Waals surface area contributed by atoms with Gasteiger partial charge in [0.1, 0.15) is 23.3 Å². The van der Waals surface area contributed by atoms with Gasteiger partial charge in [-0.2, -0.15) is 0 Å². The lowest BCUT2D eigenvalue weighted by atomic mass is 10.2. The molecule has 8 rings (SSSR count). The number of aliphatic hydroxyl groups excluding tert-OH is 1. The first-order valence-corrected chi connectivity index (χ1v) is 44.1. The number of para-hydroxylation sites is 8. The molecule has 0 aliphatic heterocycles. The van der Waals surface area contributed by atoms with Crippen LogP contribution in [0.1, 0.15) is 132 Å². The number of nitrogens with zero attached hydrogens (tertiary/aromatic N) is 10. The Kier molecular flexibility index (Phi) is 32.2. The zero-order valence-corrected chi connectivity index (χ0v) is 64.8. The Bertz CT molecular complexity index is 3090. The predicted molar refractivity (Wildman–Crippen MR) is 393 cm³/mol. The van der Waals surface area contributed by atoms with Crippen LogP contribution < -0.4 is 0 Å². The normalized spacial score (nSPS) is 12.9. The lowest BCUT2D eigenvalue weighted by Gasteiger charge is -2.30. The van der Waals surface area contributed by atoms with Crippen molar-refractivity contribution in [1.29, 1.82) is 0 Å². The zero-order chi connectivity index (χ0) is 69.8. The molecule has 0 aliphatic carbocycles. The Labute approximate surface area is 586 Å². The highest BCUT2D eigenvalue weighted by Crippen LogP contribution is 2.30. The molecule has 0 unspecified atom stereocenters. The van der Waals surface area contributed by atoms with E-state index in [4.69, 9.17) is 73.0 Å². The Balaban J connectivity index is 1.21. The first-order chi connectivity index (χ1) is 47.8. The van der Waals surface area contributed by atoms with Crippen LogP contribution in [-0.2, 0) is 105 Å². The molecule has 0 saturated heterocycles. The number of fused-ring (bicyclic) bond motifs is 4. The largest absolute Gasteiger partial charge is 0.500 e. The molecule has 542 valence electrons. The van der Waals surface area contributed by atoms with Crippen molar-refractivity contribution >= 4 is 79.4 Å². The molecule has 4 heterocycles.